The second kappa shape index (κ2) is 30.2. The van der Waals surface area contributed by atoms with Gasteiger partial charge in [-0.1, -0.05) is 39.0 Å². The van der Waals surface area contributed by atoms with Crippen molar-refractivity contribution < 1.29 is 42.7 Å². The Morgan fingerprint density at radius 1 is 0.441 bits per heavy atom. The summed E-state index contributed by atoms with van der Waals surface area (Å²) >= 11 is 0. The molecule has 0 unspecified atom stereocenters. The number of hydrogen-bond donors (Lipinski definition) is 0. The number of carbonyl (C=O) groups is 1. The third-order valence-corrected chi connectivity index (χ3v) is 4.63. The Kier molecular flexibility index (Phi) is 29.5. The Bertz CT molecular complexity index is 397. The van der Waals surface area contributed by atoms with Gasteiger partial charge in [0.1, 0.15) is 0 Å². The van der Waals surface area contributed by atoms with E-state index in [0.29, 0.717) is 92.5 Å². The first-order chi connectivity index (χ1) is 16.8. The van der Waals surface area contributed by atoms with E-state index in [9.17, 15) is 4.79 Å². The average molecular weight is 495 g/mol. The fourth-order valence-electron chi connectivity index (χ4n) is 2.79. The molecule has 0 bridgehead atoms. The van der Waals surface area contributed by atoms with E-state index in [1.54, 1.807) is 6.92 Å². The summed E-state index contributed by atoms with van der Waals surface area (Å²) < 4.78 is 42.9. The normalized spacial score (nSPS) is 11.2. The maximum atomic E-state index is 11.1. The number of hydrogen-bond acceptors (Lipinski definition) is 9. The fraction of sp³-hybridized carbons (Fsp3) is 0.960. The van der Waals surface area contributed by atoms with Crippen LogP contribution in [-0.2, 0) is 42.7 Å². The molecule has 0 aliphatic heterocycles. The summed E-state index contributed by atoms with van der Waals surface area (Å²) in [5.41, 5.74) is 0. The molecular formula is C25H50O9. The van der Waals surface area contributed by atoms with E-state index in [-0.39, 0.29) is 12.4 Å². The molecule has 9 heteroatoms. The van der Waals surface area contributed by atoms with Crippen LogP contribution in [0.2, 0.25) is 0 Å². The van der Waals surface area contributed by atoms with Crippen LogP contribution in [0.25, 0.3) is 0 Å². The van der Waals surface area contributed by atoms with E-state index in [1.165, 1.54) is 32.1 Å². The van der Waals surface area contributed by atoms with Crippen LogP contribution in [0.3, 0.4) is 0 Å². The first-order valence-corrected chi connectivity index (χ1v) is 13.0. The molecule has 204 valence electrons. The number of rotatable bonds is 29. The summed E-state index contributed by atoms with van der Waals surface area (Å²) in [6, 6.07) is 0. The maximum Gasteiger partial charge on any atom is 0.308 e. The molecule has 0 amide bonds. The molecule has 0 aliphatic rings. The fourth-order valence-corrected chi connectivity index (χ4v) is 2.79. The molecule has 0 aromatic carbocycles. The van der Waals surface area contributed by atoms with Gasteiger partial charge in [-0.25, -0.2) is 0 Å². The van der Waals surface area contributed by atoms with Crippen LogP contribution in [0.4, 0.5) is 0 Å². The highest BCUT2D eigenvalue weighted by Gasteiger charge is 2.00. The van der Waals surface area contributed by atoms with Crippen molar-refractivity contribution >= 4 is 5.97 Å². The lowest BCUT2D eigenvalue weighted by Crippen LogP contribution is -2.15. The number of ether oxygens (including phenoxy) is 8. The molecule has 9 nitrogen and oxygen atoms in total. The van der Waals surface area contributed by atoms with Crippen LogP contribution in [0, 0.1) is 0 Å². The van der Waals surface area contributed by atoms with Crippen LogP contribution in [0.5, 0.6) is 0 Å². The summed E-state index contributed by atoms with van der Waals surface area (Å²) in [6.45, 7) is 12.0. The molecule has 0 N–H and O–H groups in total. The quantitative estimate of drug-likeness (QED) is 0.115. The third-order valence-electron chi connectivity index (χ3n) is 4.63. The van der Waals surface area contributed by atoms with Crippen LogP contribution in [0.15, 0.2) is 0 Å². The standard InChI is InChI=1S/C25H50O9/c1-3-5-6-7-8-9-11-27-13-15-29-17-19-31-21-23-33-24-22-32-20-18-30-16-14-28-12-10-25(26)34-4-2/h3-24H2,1-2H3. The van der Waals surface area contributed by atoms with Gasteiger partial charge < -0.3 is 37.9 Å². The summed E-state index contributed by atoms with van der Waals surface area (Å²) in [5, 5.41) is 0. The molecule has 34 heavy (non-hydrogen) atoms. The van der Waals surface area contributed by atoms with Crippen LogP contribution >= 0.6 is 0 Å². The van der Waals surface area contributed by atoms with Gasteiger partial charge in [-0.3, -0.25) is 4.79 Å². The lowest BCUT2D eigenvalue weighted by molar-refractivity contribution is -0.144. The molecule has 0 radical (unpaired) electrons. The molecule has 0 aliphatic carbocycles. The highest BCUT2D eigenvalue weighted by atomic mass is 16.6. The van der Waals surface area contributed by atoms with Crippen molar-refractivity contribution in [2.75, 3.05) is 99.1 Å². The van der Waals surface area contributed by atoms with Crippen molar-refractivity contribution in [2.45, 2.75) is 58.8 Å². The Balaban J connectivity index is 3.03. The molecule has 0 spiro atoms. The average Bonchev–Trinajstić information content (AvgIpc) is 2.83. The molecule has 0 aromatic heterocycles. The summed E-state index contributed by atoms with van der Waals surface area (Å²) in [6.07, 6.45) is 7.96. The Morgan fingerprint density at radius 3 is 1.21 bits per heavy atom. The summed E-state index contributed by atoms with van der Waals surface area (Å²) in [7, 11) is 0. The van der Waals surface area contributed by atoms with E-state index in [2.05, 4.69) is 6.92 Å². The van der Waals surface area contributed by atoms with Crippen molar-refractivity contribution in [3.63, 3.8) is 0 Å². The molecule has 0 fully saturated rings. The minimum Gasteiger partial charge on any atom is -0.466 e. The van der Waals surface area contributed by atoms with Crippen molar-refractivity contribution in [2.24, 2.45) is 0 Å². The lowest BCUT2D eigenvalue weighted by atomic mass is 10.1. The third kappa shape index (κ3) is 29.2. The molecule has 0 rings (SSSR count). The van der Waals surface area contributed by atoms with Crippen LogP contribution in [-0.4, -0.2) is 105 Å². The second-order valence-corrected chi connectivity index (χ2v) is 7.61. The predicted molar refractivity (Wildman–Crippen MR) is 130 cm³/mol. The highest BCUT2D eigenvalue weighted by molar-refractivity contribution is 5.69. The van der Waals surface area contributed by atoms with E-state index in [0.717, 1.165) is 13.0 Å². The Morgan fingerprint density at radius 2 is 0.794 bits per heavy atom. The van der Waals surface area contributed by atoms with Gasteiger partial charge in [0.15, 0.2) is 0 Å². The monoisotopic (exact) mass is 494 g/mol. The first-order valence-electron chi connectivity index (χ1n) is 13.0. The minimum absolute atomic E-state index is 0.241. The number of unbranched alkanes of at least 4 members (excludes halogenated alkanes) is 5. The number of esters is 1. The maximum absolute atomic E-state index is 11.1. The molecular weight excluding hydrogens is 444 g/mol. The van der Waals surface area contributed by atoms with E-state index in [4.69, 9.17) is 37.9 Å². The van der Waals surface area contributed by atoms with Crippen molar-refractivity contribution in [1.29, 1.82) is 0 Å². The zero-order valence-electron chi connectivity index (χ0n) is 21.7. The Labute approximate surface area is 207 Å². The van der Waals surface area contributed by atoms with Crippen molar-refractivity contribution in [1.82, 2.24) is 0 Å². The zero-order valence-corrected chi connectivity index (χ0v) is 21.7. The van der Waals surface area contributed by atoms with E-state index >= 15 is 0 Å². The van der Waals surface area contributed by atoms with Gasteiger partial charge in [-0.2, -0.15) is 0 Å². The summed E-state index contributed by atoms with van der Waals surface area (Å²) in [5.74, 6) is -0.241. The van der Waals surface area contributed by atoms with Crippen molar-refractivity contribution in [3.05, 3.63) is 0 Å². The van der Waals surface area contributed by atoms with Crippen molar-refractivity contribution in [3.8, 4) is 0 Å². The molecule has 0 saturated carbocycles. The van der Waals surface area contributed by atoms with E-state index < -0.39 is 0 Å². The van der Waals surface area contributed by atoms with Crippen LogP contribution in [0.1, 0.15) is 58.8 Å². The lowest BCUT2D eigenvalue weighted by Gasteiger charge is -2.08. The van der Waals surface area contributed by atoms with E-state index in [1.807, 2.05) is 0 Å². The molecule has 0 atom stereocenters. The van der Waals surface area contributed by atoms with Gasteiger partial charge in [0.2, 0.25) is 0 Å². The Hall–Kier alpha value is -0.810. The van der Waals surface area contributed by atoms with Gasteiger partial charge >= 0.3 is 5.97 Å². The topological polar surface area (TPSA) is 90.9 Å². The highest BCUT2D eigenvalue weighted by Crippen LogP contribution is 2.04. The largest absolute Gasteiger partial charge is 0.466 e. The number of carbonyl (C=O) groups excluding carboxylic acids is 1. The minimum atomic E-state index is -0.241. The summed E-state index contributed by atoms with van der Waals surface area (Å²) in [4.78, 5) is 11.1. The molecule has 0 aromatic rings. The smallest absolute Gasteiger partial charge is 0.308 e. The SMILES string of the molecule is CCCCCCCCOCCOCCOCCOCCOCCOCCOCCC(=O)OCC. The van der Waals surface area contributed by atoms with Gasteiger partial charge in [0.25, 0.3) is 0 Å². The first kappa shape index (κ1) is 33.2. The van der Waals surface area contributed by atoms with Gasteiger partial charge in [-0.15, -0.1) is 0 Å². The van der Waals surface area contributed by atoms with Gasteiger partial charge in [-0.05, 0) is 13.3 Å². The zero-order chi connectivity index (χ0) is 24.8. The molecule has 0 heterocycles. The van der Waals surface area contributed by atoms with Gasteiger partial charge in [0, 0.05) is 6.61 Å². The second-order valence-electron chi connectivity index (χ2n) is 7.61. The molecule has 0 saturated heterocycles. The predicted octanol–water partition coefficient (Wildman–Crippen LogP) is 3.42. The van der Waals surface area contributed by atoms with Crippen LogP contribution < -0.4 is 0 Å². The van der Waals surface area contributed by atoms with Gasteiger partial charge in [0.05, 0.1) is 98.9 Å².